The summed E-state index contributed by atoms with van der Waals surface area (Å²) in [5, 5.41) is 0. The maximum absolute atomic E-state index is 12.0. The van der Waals surface area contributed by atoms with Crippen molar-refractivity contribution in [1.29, 1.82) is 0 Å². The molecular weight excluding hydrogens is 278 g/mol. The molecule has 4 heteroatoms. The Hall–Kier alpha value is -2.36. The molecule has 0 aromatic heterocycles. The summed E-state index contributed by atoms with van der Waals surface area (Å²) in [6.45, 7) is 6.32. The third kappa shape index (κ3) is 5.95. The number of amides is 1. The van der Waals surface area contributed by atoms with Gasteiger partial charge in [-0.05, 0) is 51.8 Å². The molecule has 0 aliphatic carbocycles. The van der Waals surface area contributed by atoms with Crippen molar-refractivity contribution >= 4 is 11.9 Å². The van der Waals surface area contributed by atoms with Crippen LogP contribution < -0.4 is 5.73 Å². The molecule has 1 rings (SSSR count). The summed E-state index contributed by atoms with van der Waals surface area (Å²) in [6, 6.07) is 6.38. The highest BCUT2D eigenvalue weighted by Crippen LogP contribution is 2.11. The van der Waals surface area contributed by atoms with Gasteiger partial charge in [0.05, 0.1) is 11.1 Å². The monoisotopic (exact) mass is 301 g/mol. The number of nitrogens with two attached hydrogens (primary N) is 1. The van der Waals surface area contributed by atoms with Gasteiger partial charge in [-0.2, -0.15) is 0 Å². The Morgan fingerprint density at radius 3 is 2.32 bits per heavy atom. The van der Waals surface area contributed by atoms with E-state index < -0.39 is 11.9 Å². The minimum absolute atomic E-state index is 0.178. The maximum atomic E-state index is 12.0. The number of hydrogen-bond donors (Lipinski definition) is 1. The van der Waals surface area contributed by atoms with Gasteiger partial charge in [0.25, 0.3) is 0 Å². The lowest BCUT2D eigenvalue weighted by Crippen LogP contribution is -2.17. The first-order chi connectivity index (χ1) is 10.4. The van der Waals surface area contributed by atoms with Crippen molar-refractivity contribution < 1.29 is 14.3 Å². The summed E-state index contributed by atoms with van der Waals surface area (Å²) < 4.78 is 5.18. The van der Waals surface area contributed by atoms with E-state index in [0.29, 0.717) is 0 Å². The van der Waals surface area contributed by atoms with Gasteiger partial charge in [-0.3, -0.25) is 4.79 Å². The zero-order valence-corrected chi connectivity index (χ0v) is 13.4. The topological polar surface area (TPSA) is 69.4 Å². The van der Waals surface area contributed by atoms with Gasteiger partial charge in [0, 0.05) is 0 Å². The van der Waals surface area contributed by atoms with E-state index in [1.54, 1.807) is 12.1 Å². The van der Waals surface area contributed by atoms with Crippen LogP contribution in [0.15, 0.2) is 47.6 Å². The summed E-state index contributed by atoms with van der Waals surface area (Å²) in [4.78, 5) is 23.3. The summed E-state index contributed by atoms with van der Waals surface area (Å²) in [6.07, 6.45) is 5.96. The SMILES string of the molecule is CC(C)=CCC/C(C)=C/COC(=O)c1ccccc1C(N)=O. The van der Waals surface area contributed by atoms with Crippen LogP contribution in [0.4, 0.5) is 0 Å². The van der Waals surface area contributed by atoms with E-state index in [4.69, 9.17) is 10.5 Å². The Labute approximate surface area is 131 Å². The first-order valence-corrected chi connectivity index (χ1v) is 7.26. The number of ether oxygens (including phenoxy) is 1. The van der Waals surface area contributed by atoms with Gasteiger partial charge in [0.1, 0.15) is 6.61 Å². The number of esters is 1. The van der Waals surface area contributed by atoms with Crippen LogP contribution in [0.25, 0.3) is 0 Å². The molecule has 2 N–H and O–H groups in total. The molecule has 0 spiro atoms. The molecule has 0 saturated carbocycles. The standard InChI is InChI=1S/C18H23NO3/c1-13(2)7-6-8-14(3)11-12-22-18(21)16-10-5-4-9-15(16)17(19)20/h4-5,7,9-11H,6,8,12H2,1-3H3,(H2,19,20)/b14-11+. The molecule has 0 radical (unpaired) electrons. The van der Waals surface area contributed by atoms with Crippen molar-refractivity contribution in [1.82, 2.24) is 0 Å². The Morgan fingerprint density at radius 1 is 1.09 bits per heavy atom. The molecule has 4 nitrogen and oxygen atoms in total. The summed E-state index contributed by atoms with van der Waals surface area (Å²) in [7, 11) is 0. The molecule has 0 bridgehead atoms. The van der Waals surface area contributed by atoms with Crippen LogP contribution in [-0.4, -0.2) is 18.5 Å². The van der Waals surface area contributed by atoms with E-state index in [9.17, 15) is 9.59 Å². The fourth-order valence-electron chi connectivity index (χ4n) is 1.90. The highest BCUT2D eigenvalue weighted by molar-refractivity contribution is 6.04. The molecule has 0 atom stereocenters. The van der Waals surface area contributed by atoms with Crippen molar-refractivity contribution in [3.8, 4) is 0 Å². The maximum Gasteiger partial charge on any atom is 0.339 e. The van der Waals surface area contributed by atoms with Gasteiger partial charge < -0.3 is 10.5 Å². The van der Waals surface area contributed by atoms with Gasteiger partial charge in [-0.1, -0.05) is 29.4 Å². The molecule has 118 valence electrons. The number of rotatable bonds is 7. The van der Waals surface area contributed by atoms with Crippen LogP contribution in [0.5, 0.6) is 0 Å². The quantitative estimate of drug-likeness (QED) is 0.617. The molecular formula is C18H23NO3. The average Bonchev–Trinajstić information content (AvgIpc) is 2.46. The Bertz CT molecular complexity index is 596. The molecule has 0 fully saturated rings. The highest BCUT2D eigenvalue weighted by Gasteiger charge is 2.15. The second-order valence-corrected chi connectivity index (χ2v) is 5.38. The molecule has 22 heavy (non-hydrogen) atoms. The second-order valence-electron chi connectivity index (χ2n) is 5.38. The van der Waals surface area contributed by atoms with E-state index in [2.05, 4.69) is 19.9 Å². The van der Waals surface area contributed by atoms with Gasteiger partial charge in [-0.15, -0.1) is 0 Å². The number of carbonyl (C=O) groups is 2. The molecule has 0 unspecified atom stereocenters. The lowest BCUT2D eigenvalue weighted by molar-refractivity contribution is 0.0545. The van der Waals surface area contributed by atoms with Crippen molar-refractivity contribution in [2.24, 2.45) is 5.73 Å². The largest absolute Gasteiger partial charge is 0.458 e. The minimum atomic E-state index is -0.638. The van der Waals surface area contributed by atoms with Crippen LogP contribution >= 0.6 is 0 Å². The number of benzene rings is 1. The number of primary amides is 1. The van der Waals surface area contributed by atoms with Crippen molar-refractivity contribution in [2.45, 2.75) is 33.6 Å². The third-order valence-corrected chi connectivity index (χ3v) is 3.15. The molecule has 0 saturated heterocycles. The van der Waals surface area contributed by atoms with Crippen molar-refractivity contribution in [3.05, 3.63) is 58.7 Å². The summed E-state index contributed by atoms with van der Waals surface area (Å²) in [5.41, 5.74) is 8.08. The predicted molar refractivity (Wildman–Crippen MR) is 87.7 cm³/mol. The van der Waals surface area contributed by atoms with E-state index in [-0.39, 0.29) is 17.7 Å². The van der Waals surface area contributed by atoms with Crippen molar-refractivity contribution in [3.63, 3.8) is 0 Å². The number of allylic oxidation sites excluding steroid dienone is 3. The van der Waals surface area contributed by atoms with E-state index in [0.717, 1.165) is 18.4 Å². The highest BCUT2D eigenvalue weighted by atomic mass is 16.5. The first kappa shape index (κ1) is 17.7. The number of hydrogen-bond acceptors (Lipinski definition) is 3. The van der Waals surface area contributed by atoms with Gasteiger partial charge in [0.15, 0.2) is 0 Å². The molecule has 0 heterocycles. The van der Waals surface area contributed by atoms with Crippen molar-refractivity contribution in [2.75, 3.05) is 6.61 Å². The Kier molecular flexibility index (Phi) is 7.09. The van der Waals surface area contributed by atoms with E-state index in [1.807, 2.05) is 13.0 Å². The molecule has 0 aliphatic rings. The zero-order chi connectivity index (χ0) is 16.5. The molecule has 1 amide bonds. The first-order valence-electron chi connectivity index (χ1n) is 7.26. The van der Waals surface area contributed by atoms with Gasteiger partial charge in [0.2, 0.25) is 5.91 Å². The lowest BCUT2D eigenvalue weighted by Gasteiger charge is -2.06. The fraction of sp³-hybridized carbons (Fsp3) is 0.333. The predicted octanol–water partition coefficient (Wildman–Crippen LogP) is 3.64. The fourth-order valence-corrected chi connectivity index (χ4v) is 1.90. The van der Waals surface area contributed by atoms with Crippen LogP contribution in [-0.2, 0) is 4.74 Å². The van der Waals surface area contributed by atoms with Gasteiger partial charge >= 0.3 is 5.97 Å². The van der Waals surface area contributed by atoms with Crippen LogP contribution in [0, 0.1) is 0 Å². The van der Waals surface area contributed by atoms with E-state index >= 15 is 0 Å². The van der Waals surface area contributed by atoms with Crippen LogP contribution in [0.3, 0.4) is 0 Å². The lowest BCUT2D eigenvalue weighted by atomic mass is 10.1. The second kappa shape index (κ2) is 8.82. The Morgan fingerprint density at radius 2 is 1.73 bits per heavy atom. The normalized spacial score (nSPS) is 11.0. The van der Waals surface area contributed by atoms with Gasteiger partial charge in [-0.25, -0.2) is 4.79 Å². The Balaban J connectivity index is 2.56. The average molecular weight is 301 g/mol. The molecule has 1 aromatic rings. The van der Waals surface area contributed by atoms with E-state index in [1.165, 1.54) is 17.7 Å². The zero-order valence-electron chi connectivity index (χ0n) is 13.4. The van der Waals surface area contributed by atoms with Crippen LogP contribution in [0.1, 0.15) is 54.3 Å². The third-order valence-electron chi connectivity index (χ3n) is 3.15. The van der Waals surface area contributed by atoms with Crippen LogP contribution in [0.2, 0.25) is 0 Å². The summed E-state index contributed by atoms with van der Waals surface area (Å²) in [5.74, 6) is -1.18. The number of carbonyl (C=O) groups excluding carboxylic acids is 2. The smallest absolute Gasteiger partial charge is 0.339 e. The minimum Gasteiger partial charge on any atom is -0.458 e. The molecule has 1 aromatic carbocycles. The molecule has 0 aliphatic heterocycles. The summed E-state index contributed by atoms with van der Waals surface area (Å²) >= 11 is 0.